The lowest BCUT2D eigenvalue weighted by atomic mass is 10.1. The van der Waals surface area contributed by atoms with Gasteiger partial charge in [-0.15, -0.1) is 0 Å². The summed E-state index contributed by atoms with van der Waals surface area (Å²) in [6.45, 7) is 0.0159. The minimum Gasteiger partial charge on any atom is -0.478 e. The van der Waals surface area contributed by atoms with Crippen LogP contribution in [0, 0.1) is 0 Å². The summed E-state index contributed by atoms with van der Waals surface area (Å²) in [5.41, 5.74) is 0.840. The fraction of sp³-hybridized carbons (Fsp3) is 0.182. The van der Waals surface area contributed by atoms with Crippen LogP contribution in [0.4, 0.5) is 0 Å². The van der Waals surface area contributed by atoms with Crippen molar-refractivity contribution in [3.63, 3.8) is 0 Å². The molecule has 2 amide bonds. The molecule has 30 heavy (non-hydrogen) atoms. The maximum absolute atomic E-state index is 12.2. The van der Waals surface area contributed by atoms with E-state index in [2.05, 4.69) is 10.6 Å². The van der Waals surface area contributed by atoms with E-state index < -0.39 is 11.9 Å². The lowest BCUT2D eigenvalue weighted by Crippen LogP contribution is -2.29. The van der Waals surface area contributed by atoms with Crippen LogP contribution in [0.1, 0.15) is 27.1 Å². The molecule has 0 aliphatic heterocycles. The minimum atomic E-state index is -1.30. The van der Waals surface area contributed by atoms with Gasteiger partial charge in [0.05, 0.1) is 6.54 Å². The predicted octanol–water partition coefficient (Wildman–Crippen LogP) is 1.79. The fourth-order valence-corrected chi connectivity index (χ4v) is 2.48. The van der Waals surface area contributed by atoms with Crippen molar-refractivity contribution in [2.24, 2.45) is 0 Å². The summed E-state index contributed by atoms with van der Waals surface area (Å²) in [5.74, 6) is -2.76. The van der Waals surface area contributed by atoms with Gasteiger partial charge in [0, 0.05) is 29.3 Å². The van der Waals surface area contributed by atoms with Crippen LogP contribution in [0.25, 0.3) is 0 Å². The van der Waals surface area contributed by atoms with Crippen molar-refractivity contribution in [3.8, 4) is 0 Å². The van der Waals surface area contributed by atoms with E-state index in [1.54, 1.807) is 60.7 Å². The fourth-order valence-electron chi connectivity index (χ4n) is 2.48. The van der Waals surface area contributed by atoms with E-state index in [4.69, 9.17) is 9.84 Å². The molecule has 0 aliphatic rings. The summed E-state index contributed by atoms with van der Waals surface area (Å²) in [6.07, 6.45) is 0.736. The van der Waals surface area contributed by atoms with Gasteiger partial charge in [-0.1, -0.05) is 36.4 Å². The second-order valence-corrected chi connectivity index (χ2v) is 6.14. The number of nitrogens with one attached hydrogen (secondary N) is 2. The van der Waals surface area contributed by atoms with E-state index in [0.717, 1.165) is 6.08 Å². The lowest BCUT2D eigenvalue weighted by molar-refractivity contribution is -0.140. The molecule has 3 N–H and O–H groups in total. The average molecular weight is 410 g/mol. The number of rotatable bonds is 10. The molecule has 0 aromatic heterocycles. The Morgan fingerprint density at radius 1 is 0.800 bits per heavy atom. The van der Waals surface area contributed by atoms with Gasteiger partial charge in [-0.05, 0) is 30.7 Å². The molecule has 0 unspecified atom stereocenters. The van der Waals surface area contributed by atoms with Gasteiger partial charge in [-0.3, -0.25) is 9.59 Å². The third-order valence-electron chi connectivity index (χ3n) is 3.93. The number of carbonyl (C=O) groups excluding carboxylic acids is 3. The summed E-state index contributed by atoms with van der Waals surface area (Å²) in [6, 6.07) is 17.1. The molecular formula is C22H22N2O6. The third-order valence-corrected chi connectivity index (χ3v) is 3.93. The third kappa shape index (κ3) is 7.59. The van der Waals surface area contributed by atoms with Gasteiger partial charge in [0.2, 0.25) is 0 Å². The first kappa shape index (κ1) is 22.4. The number of hydrogen-bond donors (Lipinski definition) is 3. The Hall–Kier alpha value is -3.94. The molecule has 8 nitrogen and oxygen atoms in total. The van der Waals surface area contributed by atoms with Crippen LogP contribution < -0.4 is 10.6 Å². The van der Waals surface area contributed by atoms with Crippen molar-refractivity contribution < 1.29 is 29.0 Å². The molecule has 0 atom stereocenters. The van der Waals surface area contributed by atoms with Crippen LogP contribution >= 0.6 is 0 Å². The SMILES string of the molecule is O=C(O)C=C(CCNC(=O)c1ccccc1)C(=O)OCCNC(=O)c1ccccc1. The van der Waals surface area contributed by atoms with Gasteiger partial charge >= 0.3 is 11.9 Å². The Morgan fingerprint density at radius 2 is 1.30 bits per heavy atom. The molecule has 0 saturated heterocycles. The van der Waals surface area contributed by atoms with Crippen molar-refractivity contribution in [3.05, 3.63) is 83.4 Å². The Balaban J connectivity index is 1.78. The van der Waals surface area contributed by atoms with Crippen molar-refractivity contribution in [1.82, 2.24) is 10.6 Å². The largest absolute Gasteiger partial charge is 0.478 e. The zero-order valence-electron chi connectivity index (χ0n) is 16.2. The van der Waals surface area contributed by atoms with Crippen LogP contribution in [-0.2, 0) is 14.3 Å². The molecule has 2 aromatic carbocycles. The zero-order valence-corrected chi connectivity index (χ0v) is 16.2. The highest BCUT2D eigenvalue weighted by Gasteiger charge is 2.14. The van der Waals surface area contributed by atoms with E-state index in [-0.39, 0.29) is 43.5 Å². The second kappa shape index (κ2) is 11.8. The van der Waals surface area contributed by atoms with Gasteiger partial charge in [0.25, 0.3) is 11.8 Å². The summed E-state index contributed by atoms with van der Waals surface area (Å²) in [5, 5.41) is 14.2. The molecule has 0 bridgehead atoms. The topological polar surface area (TPSA) is 122 Å². The van der Waals surface area contributed by atoms with Gasteiger partial charge in [-0.25, -0.2) is 9.59 Å². The molecule has 2 rings (SSSR count). The Morgan fingerprint density at radius 3 is 1.80 bits per heavy atom. The smallest absolute Gasteiger partial charge is 0.334 e. The van der Waals surface area contributed by atoms with Crippen LogP contribution in [0.5, 0.6) is 0 Å². The molecule has 0 spiro atoms. The molecule has 0 saturated carbocycles. The van der Waals surface area contributed by atoms with E-state index in [1.807, 2.05) is 0 Å². The van der Waals surface area contributed by atoms with E-state index in [0.29, 0.717) is 11.1 Å². The van der Waals surface area contributed by atoms with Gasteiger partial charge < -0.3 is 20.5 Å². The first-order valence-electron chi connectivity index (χ1n) is 9.24. The molecule has 2 aromatic rings. The van der Waals surface area contributed by atoms with E-state index in [1.165, 1.54) is 0 Å². The van der Waals surface area contributed by atoms with Gasteiger partial charge in [-0.2, -0.15) is 0 Å². The van der Waals surface area contributed by atoms with Crippen molar-refractivity contribution in [2.45, 2.75) is 6.42 Å². The lowest BCUT2D eigenvalue weighted by Gasteiger charge is -2.10. The number of carboxylic acids is 1. The van der Waals surface area contributed by atoms with Crippen molar-refractivity contribution in [1.29, 1.82) is 0 Å². The summed E-state index contributed by atoms with van der Waals surface area (Å²) in [7, 11) is 0. The zero-order chi connectivity index (χ0) is 21.8. The molecule has 0 radical (unpaired) electrons. The Kier molecular flexibility index (Phi) is 8.79. The number of carboxylic acid groups (broad SMARTS) is 1. The maximum atomic E-state index is 12.2. The maximum Gasteiger partial charge on any atom is 0.334 e. The molecule has 0 heterocycles. The minimum absolute atomic E-state index is 0.0138. The summed E-state index contributed by atoms with van der Waals surface area (Å²) < 4.78 is 5.04. The summed E-state index contributed by atoms with van der Waals surface area (Å²) >= 11 is 0. The monoisotopic (exact) mass is 410 g/mol. The number of esters is 1. The molecule has 0 fully saturated rings. The number of aliphatic carboxylic acids is 1. The Bertz CT molecular complexity index is 910. The van der Waals surface area contributed by atoms with Crippen LogP contribution in [0.2, 0.25) is 0 Å². The standard InChI is InChI=1S/C22H22N2O6/c25-19(26)15-18(11-12-23-20(27)16-7-3-1-4-8-16)22(29)30-14-13-24-21(28)17-9-5-2-6-10-17/h1-10,15H,11-14H2,(H,23,27)(H,24,28)(H,25,26). The highest BCUT2D eigenvalue weighted by atomic mass is 16.5. The van der Waals surface area contributed by atoms with E-state index >= 15 is 0 Å². The van der Waals surface area contributed by atoms with Gasteiger partial charge in [0.15, 0.2) is 0 Å². The molecular weight excluding hydrogens is 388 g/mol. The molecule has 156 valence electrons. The first-order chi connectivity index (χ1) is 14.5. The van der Waals surface area contributed by atoms with E-state index in [9.17, 15) is 19.2 Å². The molecule has 8 heteroatoms. The average Bonchev–Trinajstić information content (AvgIpc) is 2.76. The van der Waals surface area contributed by atoms with Crippen LogP contribution in [-0.4, -0.2) is 48.6 Å². The van der Waals surface area contributed by atoms with Crippen molar-refractivity contribution >= 4 is 23.8 Å². The predicted molar refractivity (Wildman–Crippen MR) is 109 cm³/mol. The normalized spacial score (nSPS) is 10.7. The van der Waals surface area contributed by atoms with Crippen LogP contribution in [0.3, 0.4) is 0 Å². The summed E-state index contributed by atoms with van der Waals surface area (Å²) in [4.78, 5) is 47.1. The second-order valence-electron chi connectivity index (χ2n) is 6.14. The Labute approximate surface area is 173 Å². The number of hydrogen-bond acceptors (Lipinski definition) is 5. The van der Waals surface area contributed by atoms with Crippen LogP contribution in [0.15, 0.2) is 72.3 Å². The van der Waals surface area contributed by atoms with Gasteiger partial charge in [0.1, 0.15) is 6.61 Å². The van der Waals surface area contributed by atoms with Crippen molar-refractivity contribution in [2.75, 3.05) is 19.7 Å². The number of ether oxygens (including phenoxy) is 1. The highest BCUT2D eigenvalue weighted by molar-refractivity contribution is 5.96. The number of carbonyl (C=O) groups is 4. The first-order valence-corrected chi connectivity index (χ1v) is 9.24. The number of amides is 2. The number of benzene rings is 2. The quantitative estimate of drug-likeness (QED) is 0.312. The highest BCUT2D eigenvalue weighted by Crippen LogP contribution is 2.05. The molecule has 0 aliphatic carbocycles.